The number of hydrogen-bond acceptors (Lipinski definition) is 4. The van der Waals surface area contributed by atoms with Crippen molar-refractivity contribution in [3.05, 3.63) is 29.4 Å². The molecule has 4 heteroatoms. The third kappa shape index (κ3) is 1.53. The molecule has 0 radical (unpaired) electrons. The summed E-state index contributed by atoms with van der Waals surface area (Å²) in [6.07, 6.45) is 1.75. The average Bonchev–Trinajstić information content (AvgIpc) is 2.47. The fourth-order valence-electron chi connectivity index (χ4n) is 1.12. The van der Waals surface area contributed by atoms with Crippen LogP contribution in [0.2, 0.25) is 0 Å². The van der Waals surface area contributed by atoms with Crippen molar-refractivity contribution in [3.63, 3.8) is 0 Å². The molecule has 3 nitrogen and oxygen atoms in total. The average molecular weight is 191 g/mol. The minimum Gasteiger partial charge on any atom is -0.382 e. The van der Waals surface area contributed by atoms with Crippen LogP contribution in [-0.2, 0) is 0 Å². The van der Waals surface area contributed by atoms with Crippen LogP contribution in [0.15, 0.2) is 24.4 Å². The van der Waals surface area contributed by atoms with Gasteiger partial charge in [0.25, 0.3) is 0 Å². The van der Waals surface area contributed by atoms with Gasteiger partial charge < -0.3 is 5.73 Å². The summed E-state index contributed by atoms with van der Waals surface area (Å²) < 4.78 is 0. The molecule has 13 heavy (non-hydrogen) atoms. The van der Waals surface area contributed by atoms with Crippen LogP contribution in [0.25, 0.3) is 10.6 Å². The predicted molar refractivity (Wildman–Crippen MR) is 54.5 cm³/mol. The van der Waals surface area contributed by atoms with Gasteiger partial charge in [0.05, 0.1) is 15.6 Å². The summed E-state index contributed by atoms with van der Waals surface area (Å²) in [5.41, 5.74) is 6.63. The van der Waals surface area contributed by atoms with Crippen molar-refractivity contribution in [1.82, 2.24) is 9.97 Å². The van der Waals surface area contributed by atoms with Crippen LogP contribution in [0.4, 0.5) is 5.82 Å². The van der Waals surface area contributed by atoms with Crippen LogP contribution >= 0.6 is 11.3 Å². The molecule has 0 saturated heterocycles. The molecule has 0 saturated carbocycles. The molecule has 2 aromatic rings. The molecule has 2 aromatic heterocycles. The number of aryl methyl sites for hydroxylation is 1. The zero-order valence-corrected chi connectivity index (χ0v) is 8.01. The molecule has 0 spiro atoms. The second-order valence-corrected chi connectivity index (χ2v) is 3.87. The lowest BCUT2D eigenvalue weighted by molar-refractivity contribution is 1.29. The van der Waals surface area contributed by atoms with Gasteiger partial charge in [0.15, 0.2) is 0 Å². The summed E-state index contributed by atoms with van der Waals surface area (Å²) in [5, 5.41) is 0.971. The number of pyridine rings is 1. The molecule has 0 aromatic carbocycles. The number of nitrogen functional groups attached to an aromatic ring is 1. The van der Waals surface area contributed by atoms with Gasteiger partial charge in [-0.15, -0.1) is 11.3 Å². The van der Waals surface area contributed by atoms with Crippen LogP contribution in [0.1, 0.15) is 5.01 Å². The molecule has 0 fully saturated rings. The summed E-state index contributed by atoms with van der Waals surface area (Å²) in [6, 6.07) is 5.76. The normalized spacial score (nSPS) is 10.2. The topological polar surface area (TPSA) is 51.8 Å². The zero-order valence-electron chi connectivity index (χ0n) is 7.19. The van der Waals surface area contributed by atoms with E-state index in [1.807, 2.05) is 25.1 Å². The lowest BCUT2D eigenvalue weighted by Crippen LogP contribution is -1.88. The Morgan fingerprint density at radius 2 is 2.23 bits per heavy atom. The Morgan fingerprint density at radius 1 is 1.38 bits per heavy atom. The van der Waals surface area contributed by atoms with E-state index in [1.54, 1.807) is 17.5 Å². The first kappa shape index (κ1) is 8.19. The van der Waals surface area contributed by atoms with Gasteiger partial charge in [-0.3, -0.25) is 4.98 Å². The first-order valence-electron chi connectivity index (χ1n) is 3.91. The lowest BCUT2D eigenvalue weighted by atomic mass is 10.3. The van der Waals surface area contributed by atoms with Crippen LogP contribution in [-0.4, -0.2) is 9.97 Å². The van der Waals surface area contributed by atoms with Crippen LogP contribution in [0, 0.1) is 6.92 Å². The molecule has 0 aliphatic heterocycles. The Bertz CT molecular complexity index is 408. The molecule has 0 aliphatic carbocycles. The molecule has 2 rings (SSSR count). The molecular weight excluding hydrogens is 182 g/mol. The quantitative estimate of drug-likeness (QED) is 0.751. The summed E-state index contributed by atoms with van der Waals surface area (Å²) in [7, 11) is 0. The molecule has 66 valence electrons. The standard InChI is InChI=1S/C9H9N3S/c1-6-12-9(10)8(13-6)7-4-2-3-5-11-7/h2-5H,10H2,1H3. The van der Waals surface area contributed by atoms with Crippen molar-refractivity contribution in [2.75, 3.05) is 5.73 Å². The monoisotopic (exact) mass is 191 g/mol. The number of nitrogens with zero attached hydrogens (tertiary/aromatic N) is 2. The van der Waals surface area contributed by atoms with E-state index >= 15 is 0 Å². The van der Waals surface area contributed by atoms with Gasteiger partial charge in [-0.2, -0.15) is 0 Å². The molecule has 0 unspecified atom stereocenters. The fourth-order valence-corrected chi connectivity index (χ4v) is 1.94. The molecule has 2 N–H and O–H groups in total. The second kappa shape index (κ2) is 3.14. The number of aromatic nitrogens is 2. The Balaban J connectivity index is 2.53. The first-order valence-corrected chi connectivity index (χ1v) is 4.73. The van der Waals surface area contributed by atoms with Crippen molar-refractivity contribution in [3.8, 4) is 10.6 Å². The maximum Gasteiger partial charge on any atom is 0.144 e. The van der Waals surface area contributed by atoms with E-state index in [4.69, 9.17) is 5.73 Å². The minimum atomic E-state index is 0.571. The molecule has 0 amide bonds. The van der Waals surface area contributed by atoms with E-state index in [2.05, 4.69) is 9.97 Å². The third-order valence-corrected chi connectivity index (χ3v) is 2.67. The summed E-state index contributed by atoms with van der Waals surface area (Å²) in [5.74, 6) is 0.571. The Kier molecular flexibility index (Phi) is 1.98. The minimum absolute atomic E-state index is 0.571. The maximum atomic E-state index is 5.73. The number of hydrogen-bond donors (Lipinski definition) is 1. The third-order valence-electron chi connectivity index (χ3n) is 1.66. The molecular formula is C9H9N3S. The van der Waals surface area contributed by atoms with Crippen molar-refractivity contribution >= 4 is 17.2 Å². The van der Waals surface area contributed by atoms with Gasteiger partial charge in [0.2, 0.25) is 0 Å². The molecule has 0 aliphatic rings. The van der Waals surface area contributed by atoms with E-state index in [0.29, 0.717) is 5.82 Å². The highest BCUT2D eigenvalue weighted by molar-refractivity contribution is 7.15. The van der Waals surface area contributed by atoms with Gasteiger partial charge in [-0.25, -0.2) is 4.98 Å². The number of rotatable bonds is 1. The Labute approximate surface area is 80.3 Å². The SMILES string of the molecule is Cc1nc(N)c(-c2ccccn2)s1. The summed E-state index contributed by atoms with van der Waals surface area (Å²) in [6.45, 7) is 1.94. The van der Waals surface area contributed by atoms with Crippen LogP contribution in [0.5, 0.6) is 0 Å². The predicted octanol–water partition coefficient (Wildman–Crippen LogP) is 2.10. The van der Waals surface area contributed by atoms with E-state index in [0.717, 1.165) is 15.6 Å². The zero-order chi connectivity index (χ0) is 9.26. The van der Waals surface area contributed by atoms with Crippen molar-refractivity contribution in [2.45, 2.75) is 6.92 Å². The van der Waals surface area contributed by atoms with Crippen molar-refractivity contribution in [2.24, 2.45) is 0 Å². The summed E-state index contributed by atoms with van der Waals surface area (Å²) in [4.78, 5) is 9.31. The van der Waals surface area contributed by atoms with E-state index in [1.165, 1.54) is 0 Å². The highest BCUT2D eigenvalue weighted by Crippen LogP contribution is 2.29. The maximum absolute atomic E-state index is 5.73. The van der Waals surface area contributed by atoms with Gasteiger partial charge in [0.1, 0.15) is 5.82 Å². The summed E-state index contributed by atoms with van der Waals surface area (Å²) >= 11 is 1.57. The molecule has 0 bridgehead atoms. The van der Waals surface area contributed by atoms with Crippen LogP contribution < -0.4 is 5.73 Å². The van der Waals surface area contributed by atoms with E-state index in [9.17, 15) is 0 Å². The highest BCUT2D eigenvalue weighted by atomic mass is 32.1. The Hall–Kier alpha value is -1.42. The van der Waals surface area contributed by atoms with E-state index in [-0.39, 0.29) is 0 Å². The van der Waals surface area contributed by atoms with Crippen molar-refractivity contribution < 1.29 is 0 Å². The van der Waals surface area contributed by atoms with Crippen LogP contribution in [0.3, 0.4) is 0 Å². The molecule has 0 atom stereocenters. The van der Waals surface area contributed by atoms with Crippen molar-refractivity contribution in [1.29, 1.82) is 0 Å². The lowest BCUT2D eigenvalue weighted by Gasteiger charge is -1.94. The second-order valence-electron chi connectivity index (χ2n) is 2.66. The van der Waals surface area contributed by atoms with Gasteiger partial charge in [-0.1, -0.05) is 6.07 Å². The smallest absolute Gasteiger partial charge is 0.144 e. The largest absolute Gasteiger partial charge is 0.382 e. The number of thiazole rings is 1. The molecule has 2 heterocycles. The fraction of sp³-hybridized carbons (Fsp3) is 0.111. The van der Waals surface area contributed by atoms with Gasteiger partial charge >= 0.3 is 0 Å². The number of anilines is 1. The van der Waals surface area contributed by atoms with Gasteiger partial charge in [-0.05, 0) is 19.1 Å². The highest BCUT2D eigenvalue weighted by Gasteiger charge is 2.07. The van der Waals surface area contributed by atoms with E-state index < -0.39 is 0 Å². The first-order chi connectivity index (χ1) is 6.27. The number of nitrogens with two attached hydrogens (primary N) is 1. The Morgan fingerprint density at radius 3 is 2.77 bits per heavy atom. The van der Waals surface area contributed by atoms with Gasteiger partial charge in [0, 0.05) is 6.20 Å².